The van der Waals surface area contributed by atoms with Gasteiger partial charge in [0.15, 0.2) is 0 Å². The van der Waals surface area contributed by atoms with Gasteiger partial charge in [0.25, 0.3) is 11.7 Å². The first-order valence-electron chi connectivity index (χ1n) is 11.6. The quantitative estimate of drug-likeness (QED) is 0.249. The molecule has 0 aliphatic carbocycles. The van der Waals surface area contributed by atoms with E-state index in [0.29, 0.717) is 18.7 Å². The Morgan fingerprint density at radius 1 is 1.09 bits per heavy atom. The summed E-state index contributed by atoms with van der Waals surface area (Å²) < 4.78 is 5.82. The summed E-state index contributed by atoms with van der Waals surface area (Å²) in [5.74, 6) is -0.614. The Labute approximate surface area is 196 Å². The van der Waals surface area contributed by atoms with E-state index >= 15 is 0 Å². The Kier molecular flexibility index (Phi) is 8.28. The van der Waals surface area contributed by atoms with Gasteiger partial charge in [-0.3, -0.25) is 9.59 Å². The van der Waals surface area contributed by atoms with Crippen LogP contribution in [0.25, 0.3) is 5.76 Å². The number of Topliss-reactive ketones (excluding diaryl/α,β-unsaturated/α-hetero) is 1. The Morgan fingerprint density at radius 2 is 1.82 bits per heavy atom. The van der Waals surface area contributed by atoms with Gasteiger partial charge in [-0.1, -0.05) is 43.7 Å². The average molecular weight is 451 g/mol. The van der Waals surface area contributed by atoms with Crippen LogP contribution in [0.4, 0.5) is 0 Å². The number of rotatable bonds is 10. The third-order valence-electron chi connectivity index (χ3n) is 5.86. The fraction of sp³-hybridized carbons (Fsp3) is 0.407. The van der Waals surface area contributed by atoms with Crippen molar-refractivity contribution in [2.45, 2.75) is 39.2 Å². The lowest BCUT2D eigenvalue weighted by atomic mass is 9.95. The zero-order valence-corrected chi connectivity index (χ0v) is 20.0. The molecule has 1 unspecified atom stereocenters. The molecular weight excluding hydrogens is 416 g/mol. The van der Waals surface area contributed by atoms with Gasteiger partial charge in [0, 0.05) is 12.1 Å². The summed E-state index contributed by atoms with van der Waals surface area (Å²) in [6.45, 7) is 5.88. The van der Waals surface area contributed by atoms with Crippen molar-refractivity contribution in [2.75, 3.05) is 33.8 Å². The lowest BCUT2D eigenvalue weighted by Gasteiger charge is -2.26. The van der Waals surface area contributed by atoms with Gasteiger partial charge in [0.2, 0.25) is 0 Å². The van der Waals surface area contributed by atoms with E-state index in [1.54, 1.807) is 17.0 Å². The maximum absolute atomic E-state index is 13.1. The number of carbonyl (C=O) groups is 2. The van der Waals surface area contributed by atoms with Gasteiger partial charge in [0.05, 0.1) is 18.2 Å². The number of hydrogen-bond donors (Lipinski definition) is 1. The van der Waals surface area contributed by atoms with E-state index in [2.05, 4.69) is 6.92 Å². The minimum atomic E-state index is -0.646. The van der Waals surface area contributed by atoms with E-state index in [9.17, 15) is 14.7 Å². The molecule has 0 saturated carbocycles. The lowest BCUT2D eigenvalue weighted by Crippen LogP contribution is -2.32. The molecule has 1 heterocycles. The van der Waals surface area contributed by atoms with E-state index in [1.807, 2.05) is 62.3 Å². The number of benzene rings is 2. The Morgan fingerprint density at radius 3 is 2.45 bits per heavy atom. The zero-order chi connectivity index (χ0) is 24.0. The molecule has 6 heteroatoms. The molecule has 6 nitrogen and oxygen atoms in total. The summed E-state index contributed by atoms with van der Waals surface area (Å²) >= 11 is 0. The molecular formula is C27H34N2O4. The Bertz CT molecular complexity index is 1010. The molecule has 0 radical (unpaired) electrons. The highest BCUT2D eigenvalue weighted by Crippen LogP contribution is 2.39. The summed E-state index contributed by atoms with van der Waals surface area (Å²) in [5.41, 5.74) is 2.31. The highest BCUT2D eigenvalue weighted by molar-refractivity contribution is 6.46. The summed E-state index contributed by atoms with van der Waals surface area (Å²) in [6.07, 6.45) is 2.74. The third-order valence-corrected chi connectivity index (χ3v) is 5.86. The predicted molar refractivity (Wildman–Crippen MR) is 130 cm³/mol. The van der Waals surface area contributed by atoms with Crippen LogP contribution < -0.4 is 4.74 Å². The van der Waals surface area contributed by atoms with Crippen molar-refractivity contribution in [3.8, 4) is 5.75 Å². The SMILES string of the molecule is CCCCOc1ccc(/C(O)=C2/C(=O)C(=O)N(CCCN(C)C)C2c2ccccc2)cc1C. The number of aliphatic hydroxyl groups excluding tert-OH is 1. The molecule has 1 aliphatic rings. The van der Waals surface area contributed by atoms with Crippen molar-refractivity contribution in [1.82, 2.24) is 9.80 Å². The second-order valence-electron chi connectivity index (χ2n) is 8.74. The van der Waals surface area contributed by atoms with Crippen LogP contribution in [0.5, 0.6) is 5.75 Å². The maximum Gasteiger partial charge on any atom is 0.295 e. The molecule has 1 atom stereocenters. The van der Waals surface area contributed by atoms with Gasteiger partial charge < -0.3 is 19.6 Å². The molecule has 1 N–H and O–H groups in total. The number of aliphatic hydroxyl groups is 1. The van der Waals surface area contributed by atoms with Gasteiger partial charge >= 0.3 is 0 Å². The van der Waals surface area contributed by atoms with Crippen molar-refractivity contribution in [1.29, 1.82) is 0 Å². The van der Waals surface area contributed by atoms with Crippen molar-refractivity contribution >= 4 is 17.4 Å². The molecule has 1 saturated heterocycles. The van der Waals surface area contributed by atoms with Crippen LogP contribution in [0.15, 0.2) is 54.1 Å². The molecule has 3 rings (SSSR count). The lowest BCUT2D eigenvalue weighted by molar-refractivity contribution is -0.139. The van der Waals surface area contributed by atoms with Gasteiger partial charge in [-0.15, -0.1) is 0 Å². The molecule has 1 aliphatic heterocycles. The number of likely N-dealkylation sites (tertiary alicyclic amines) is 1. The topological polar surface area (TPSA) is 70.1 Å². The van der Waals surface area contributed by atoms with Gasteiger partial charge in [0.1, 0.15) is 11.5 Å². The first kappa shape index (κ1) is 24.5. The molecule has 0 spiro atoms. The fourth-order valence-corrected chi connectivity index (χ4v) is 4.09. The smallest absolute Gasteiger partial charge is 0.295 e. The Hall–Kier alpha value is -3.12. The number of carbonyl (C=O) groups excluding carboxylic acids is 2. The minimum absolute atomic E-state index is 0.134. The monoisotopic (exact) mass is 450 g/mol. The number of hydrogen-bond acceptors (Lipinski definition) is 5. The number of aryl methyl sites for hydroxylation is 1. The van der Waals surface area contributed by atoms with Crippen LogP contribution in [0, 0.1) is 6.92 Å². The highest BCUT2D eigenvalue weighted by Gasteiger charge is 2.45. The third kappa shape index (κ3) is 5.63. The van der Waals surface area contributed by atoms with Gasteiger partial charge in [-0.2, -0.15) is 0 Å². The van der Waals surface area contributed by atoms with E-state index in [0.717, 1.165) is 42.7 Å². The molecule has 0 aromatic heterocycles. The van der Waals surface area contributed by atoms with Crippen molar-refractivity contribution < 1.29 is 19.4 Å². The van der Waals surface area contributed by atoms with Crippen LogP contribution >= 0.6 is 0 Å². The molecule has 1 fully saturated rings. The Balaban J connectivity index is 1.99. The molecule has 33 heavy (non-hydrogen) atoms. The number of ether oxygens (including phenoxy) is 1. The molecule has 2 aromatic rings. The second-order valence-corrected chi connectivity index (χ2v) is 8.74. The number of ketones is 1. The molecule has 176 valence electrons. The standard InChI is InChI=1S/C27H34N2O4/c1-5-6-17-33-22-14-13-21(18-19(22)2)25(30)23-24(20-11-8-7-9-12-20)29(27(32)26(23)31)16-10-15-28(3)4/h7-9,11-14,18,24,30H,5-6,10,15-17H2,1-4H3/b25-23-. The van der Waals surface area contributed by atoms with Crippen LogP contribution in [0.3, 0.4) is 0 Å². The molecule has 0 bridgehead atoms. The summed E-state index contributed by atoms with van der Waals surface area (Å²) in [7, 11) is 3.95. The predicted octanol–water partition coefficient (Wildman–Crippen LogP) is 4.55. The van der Waals surface area contributed by atoms with Crippen molar-refractivity contribution in [3.05, 3.63) is 70.8 Å². The van der Waals surface area contributed by atoms with E-state index in [4.69, 9.17) is 4.74 Å². The average Bonchev–Trinajstić information content (AvgIpc) is 3.05. The summed E-state index contributed by atoms with van der Waals surface area (Å²) in [4.78, 5) is 29.7. The van der Waals surface area contributed by atoms with Crippen LogP contribution in [0.2, 0.25) is 0 Å². The fourth-order valence-electron chi connectivity index (χ4n) is 4.09. The van der Waals surface area contributed by atoms with E-state index in [1.165, 1.54) is 0 Å². The van der Waals surface area contributed by atoms with Gasteiger partial charge in [-0.25, -0.2) is 0 Å². The summed E-state index contributed by atoms with van der Waals surface area (Å²) in [5, 5.41) is 11.2. The highest BCUT2D eigenvalue weighted by atomic mass is 16.5. The number of amides is 1. The molecule has 2 aromatic carbocycles. The first-order valence-corrected chi connectivity index (χ1v) is 11.6. The summed E-state index contributed by atoms with van der Waals surface area (Å²) in [6, 6.07) is 14.2. The maximum atomic E-state index is 13.1. The van der Waals surface area contributed by atoms with Crippen LogP contribution in [0.1, 0.15) is 48.9 Å². The first-order chi connectivity index (χ1) is 15.8. The van der Waals surface area contributed by atoms with E-state index in [-0.39, 0.29) is 11.3 Å². The number of nitrogens with zero attached hydrogens (tertiary/aromatic N) is 2. The minimum Gasteiger partial charge on any atom is -0.507 e. The molecule has 1 amide bonds. The number of unbranched alkanes of at least 4 members (excludes halogenated alkanes) is 1. The van der Waals surface area contributed by atoms with Crippen LogP contribution in [-0.4, -0.2) is 60.4 Å². The van der Waals surface area contributed by atoms with Crippen molar-refractivity contribution in [3.63, 3.8) is 0 Å². The largest absolute Gasteiger partial charge is 0.507 e. The van der Waals surface area contributed by atoms with E-state index < -0.39 is 17.7 Å². The second kappa shape index (κ2) is 11.1. The normalized spacial score (nSPS) is 17.7. The zero-order valence-electron chi connectivity index (χ0n) is 20.0. The van der Waals surface area contributed by atoms with Gasteiger partial charge in [-0.05, 0) is 69.7 Å². The van der Waals surface area contributed by atoms with Crippen LogP contribution in [-0.2, 0) is 9.59 Å². The van der Waals surface area contributed by atoms with Crippen molar-refractivity contribution in [2.24, 2.45) is 0 Å².